The smallest absolute Gasteiger partial charge is 0.307 e. The summed E-state index contributed by atoms with van der Waals surface area (Å²) in [6.07, 6.45) is 1.16. The van der Waals surface area contributed by atoms with Crippen LogP contribution in [0.1, 0.15) is 17.8 Å². The van der Waals surface area contributed by atoms with Crippen molar-refractivity contribution in [3.05, 3.63) is 53.4 Å². The van der Waals surface area contributed by atoms with Crippen LogP contribution in [-0.4, -0.2) is 9.78 Å². The summed E-state index contributed by atoms with van der Waals surface area (Å²) in [6, 6.07) is 5.31. The largest absolute Gasteiger partial charge is 0.333 e. The number of benzene rings is 1. The highest BCUT2D eigenvalue weighted by Gasteiger charge is 2.09. The number of nitrogens with zero attached hydrogens (tertiary/aromatic N) is 2. The molecule has 0 spiro atoms. The minimum atomic E-state index is -2.69. The maximum Gasteiger partial charge on any atom is 0.333 e. The van der Waals surface area contributed by atoms with E-state index in [1.165, 1.54) is 18.2 Å². The van der Waals surface area contributed by atoms with Crippen LogP contribution in [0.25, 0.3) is 0 Å². The Kier molecular flexibility index (Phi) is 4.16. The molecular formula is C12H11F4N3. The van der Waals surface area contributed by atoms with Crippen LogP contribution in [0.2, 0.25) is 0 Å². The Bertz CT molecular complexity index is 554. The van der Waals surface area contributed by atoms with E-state index in [1.54, 1.807) is 0 Å². The zero-order valence-electron chi connectivity index (χ0n) is 9.78. The predicted molar refractivity (Wildman–Crippen MR) is 60.4 cm³/mol. The van der Waals surface area contributed by atoms with Crippen molar-refractivity contribution in [2.75, 3.05) is 0 Å². The summed E-state index contributed by atoms with van der Waals surface area (Å²) in [4.78, 5) is 0. The van der Waals surface area contributed by atoms with E-state index in [2.05, 4.69) is 10.4 Å². The van der Waals surface area contributed by atoms with E-state index in [0.717, 1.165) is 12.3 Å². The van der Waals surface area contributed by atoms with Crippen LogP contribution >= 0.6 is 0 Å². The minimum Gasteiger partial charge on any atom is -0.307 e. The van der Waals surface area contributed by atoms with E-state index < -0.39 is 18.2 Å². The molecule has 2 aromatic rings. The highest BCUT2D eigenvalue weighted by Crippen LogP contribution is 2.11. The molecule has 1 heterocycles. The standard InChI is InChI=1S/C12H11F4N3/c13-10-3-1-2-8(11(10)14)6-17-7-9-4-5-19(18-9)12(15)16/h1-5,12,17H,6-7H2. The van der Waals surface area contributed by atoms with Crippen LogP contribution in [0.5, 0.6) is 0 Å². The predicted octanol–water partition coefficient (Wildman–Crippen LogP) is 2.85. The molecule has 0 aliphatic heterocycles. The average molecular weight is 273 g/mol. The molecule has 7 heteroatoms. The number of aromatic nitrogens is 2. The molecule has 0 fully saturated rings. The summed E-state index contributed by atoms with van der Waals surface area (Å²) in [5.74, 6) is -1.82. The molecule has 0 aliphatic carbocycles. The molecule has 102 valence electrons. The molecule has 0 atom stereocenters. The van der Waals surface area contributed by atoms with Gasteiger partial charge in [0.25, 0.3) is 0 Å². The number of alkyl halides is 2. The fourth-order valence-electron chi connectivity index (χ4n) is 1.59. The van der Waals surface area contributed by atoms with Crippen molar-refractivity contribution in [3.8, 4) is 0 Å². The van der Waals surface area contributed by atoms with Gasteiger partial charge in [-0.1, -0.05) is 12.1 Å². The molecule has 3 nitrogen and oxygen atoms in total. The van der Waals surface area contributed by atoms with E-state index in [4.69, 9.17) is 0 Å². The summed E-state index contributed by atoms with van der Waals surface area (Å²) in [5, 5.41) is 6.43. The molecule has 0 saturated carbocycles. The van der Waals surface area contributed by atoms with Gasteiger partial charge in [0.15, 0.2) is 11.6 Å². The lowest BCUT2D eigenvalue weighted by atomic mass is 10.2. The highest BCUT2D eigenvalue weighted by molar-refractivity contribution is 5.18. The lowest BCUT2D eigenvalue weighted by Gasteiger charge is -2.05. The molecular weight excluding hydrogens is 262 g/mol. The Labute approximate surface area is 106 Å². The van der Waals surface area contributed by atoms with Gasteiger partial charge in [0.05, 0.1) is 5.69 Å². The molecule has 0 amide bonds. The number of nitrogens with one attached hydrogen (secondary N) is 1. The third-order valence-electron chi connectivity index (χ3n) is 2.52. The summed E-state index contributed by atoms with van der Waals surface area (Å²) in [7, 11) is 0. The maximum absolute atomic E-state index is 13.3. The van der Waals surface area contributed by atoms with Crippen molar-refractivity contribution in [2.45, 2.75) is 19.6 Å². The zero-order chi connectivity index (χ0) is 13.8. The summed E-state index contributed by atoms with van der Waals surface area (Å²) in [5.41, 5.74) is 0.574. The molecule has 2 rings (SSSR count). The van der Waals surface area contributed by atoms with Gasteiger partial charge in [0.2, 0.25) is 0 Å². The molecule has 0 radical (unpaired) electrons. The van der Waals surface area contributed by atoms with Gasteiger partial charge in [-0.2, -0.15) is 13.9 Å². The van der Waals surface area contributed by atoms with Crippen LogP contribution in [0.15, 0.2) is 30.5 Å². The van der Waals surface area contributed by atoms with E-state index in [0.29, 0.717) is 10.4 Å². The first kappa shape index (κ1) is 13.5. The van der Waals surface area contributed by atoms with Crippen molar-refractivity contribution in [3.63, 3.8) is 0 Å². The summed E-state index contributed by atoms with van der Waals surface area (Å²) >= 11 is 0. The van der Waals surface area contributed by atoms with Crippen LogP contribution in [0, 0.1) is 11.6 Å². The Morgan fingerprint density at radius 1 is 1.16 bits per heavy atom. The molecule has 0 saturated heterocycles. The number of halogens is 4. The third kappa shape index (κ3) is 3.31. The number of rotatable bonds is 5. The first-order valence-electron chi connectivity index (χ1n) is 5.53. The SMILES string of the molecule is Fc1cccc(CNCc2ccn(C(F)F)n2)c1F. The summed E-state index contributed by atoms with van der Waals surface area (Å²) < 4.78 is 51.3. The van der Waals surface area contributed by atoms with Crippen LogP contribution in [-0.2, 0) is 13.1 Å². The molecule has 1 aromatic carbocycles. The first-order valence-corrected chi connectivity index (χ1v) is 5.53. The van der Waals surface area contributed by atoms with Gasteiger partial charge in [-0.15, -0.1) is 0 Å². The monoisotopic (exact) mass is 273 g/mol. The van der Waals surface area contributed by atoms with Gasteiger partial charge in [-0.25, -0.2) is 13.5 Å². The van der Waals surface area contributed by atoms with Gasteiger partial charge in [0.1, 0.15) is 0 Å². The molecule has 1 aromatic heterocycles. The normalized spacial score (nSPS) is 11.2. The average Bonchev–Trinajstić information content (AvgIpc) is 2.83. The van der Waals surface area contributed by atoms with Gasteiger partial charge in [-0.05, 0) is 12.1 Å². The van der Waals surface area contributed by atoms with Crippen LogP contribution in [0.4, 0.5) is 17.6 Å². The first-order chi connectivity index (χ1) is 9.08. The Morgan fingerprint density at radius 2 is 1.95 bits per heavy atom. The topological polar surface area (TPSA) is 29.9 Å². The maximum atomic E-state index is 13.3. The van der Waals surface area contributed by atoms with Crippen LogP contribution < -0.4 is 5.32 Å². The van der Waals surface area contributed by atoms with Crippen molar-refractivity contribution in [2.24, 2.45) is 0 Å². The van der Waals surface area contributed by atoms with Gasteiger partial charge < -0.3 is 5.32 Å². The molecule has 19 heavy (non-hydrogen) atoms. The second kappa shape index (κ2) is 5.83. The minimum absolute atomic E-state index is 0.0884. The fourth-order valence-corrected chi connectivity index (χ4v) is 1.59. The molecule has 0 unspecified atom stereocenters. The van der Waals surface area contributed by atoms with E-state index >= 15 is 0 Å². The Hall–Kier alpha value is -1.89. The highest BCUT2D eigenvalue weighted by atomic mass is 19.3. The number of hydrogen-bond donors (Lipinski definition) is 1. The number of hydrogen-bond acceptors (Lipinski definition) is 2. The quantitative estimate of drug-likeness (QED) is 0.849. The Morgan fingerprint density at radius 3 is 2.63 bits per heavy atom. The molecule has 0 aliphatic rings. The van der Waals surface area contributed by atoms with E-state index in [1.807, 2.05) is 0 Å². The van der Waals surface area contributed by atoms with Crippen molar-refractivity contribution >= 4 is 0 Å². The fraction of sp³-hybridized carbons (Fsp3) is 0.250. The van der Waals surface area contributed by atoms with Gasteiger partial charge in [0, 0.05) is 24.8 Å². The molecule has 1 N–H and O–H groups in total. The molecule has 0 bridgehead atoms. The van der Waals surface area contributed by atoms with Gasteiger partial charge in [-0.3, -0.25) is 0 Å². The lowest BCUT2D eigenvalue weighted by molar-refractivity contribution is 0.0561. The van der Waals surface area contributed by atoms with Crippen LogP contribution in [0.3, 0.4) is 0 Å². The van der Waals surface area contributed by atoms with Crippen molar-refractivity contribution in [1.29, 1.82) is 0 Å². The Balaban J connectivity index is 1.91. The van der Waals surface area contributed by atoms with E-state index in [-0.39, 0.29) is 18.7 Å². The second-order valence-corrected chi connectivity index (χ2v) is 3.88. The lowest BCUT2D eigenvalue weighted by Crippen LogP contribution is -2.15. The summed E-state index contributed by atoms with van der Waals surface area (Å²) in [6.45, 7) is -2.41. The van der Waals surface area contributed by atoms with E-state index in [9.17, 15) is 17.6 Å². The second-order valence-electron chi connectivity index (χ2n) is 3.88. The van der Waals surface area contributed by atoms with Crippen molar-refractivity contribution in [1.82, 2.24) is 15.1 Å². The third-order valence-corrected chi connectivity index (χ3v) is 2.52. The van der Waals surface area contributed by atoms with Crippen molar-refractivity contribution < 1.29 is 17.6 Å². The zero-order valence-corrected chi connectivity index (χ0v) is 9.78. The van der Waals surface area contributed by atoms with Gasteiger partial charge >= 0.3 is 6.55 Å².